The first-order chi connectivity index (χ1) is 24.8. The Hall–Kier alpha value is -6.78. The molecular weight excluding hydrogens is 609 g/mol. The lowest BCUT2D eigenvalue weighted by molar-refractivity contribution is 1.18. The van der Waals surface area contributed by atoms with E-state index in [9.17, 15) is 0 Å². The average Bonchev–Trinajstić information content (AvgIpc) is 3.21. The number of aromatic nitrogens is 4. The largest absolute Gasteiger partial charge is 0.256 e. The Morgan fingerprint density at radius 2 is 0.900 bits per heavy atom. The van der Waals surface area contributed by atoms with Gasteiger partial charge in [-0.05, 0) is 23.8 Å². The molecule has 0 spiro atoms. The van der Waals surface area contributed by atoms with Gasteiger partial charge in [0.2, 0.25) is 0 Å². The zero-order chi connectivity index (χ0) is 33.3. The summed E-state index contributed by atoms with van der Waals surface area (Å²) < 4.78 is 0. The quantitative estimate of drug-likeness (QED) is 0.170. The number of benzene rings is 6. The van der Waals surface area contributed by atoms with Gasteiger partial charge in [-0.25, -0.2) is 15.0 Å². The summed E-state index contributed by atoms with van der Waals surface area (Å²) in [7, 11) is 0. The summed E-state index contributed by atoms with van der Waals surface area (Å²) in [6, 6.07) is 60.6. The molecular formula is C46H30N4. The SMILES string of the molecule is c1ccc(-c2cc(-c3ccc(-c4cccc5c4nc(-c4ccccc4)c4cccc(-c6ccccn6)c45)cc3)nc(-c3ccccc3)n2)cc1. The fourth-order valence-electron chi connectivity index (χ4n) is 6.75. The van der Waals surface area contributed by atoms with E-state index < -0.39 is 0 Å². The summed E-state index contributed by atoms with van der Waals surface area (Å²) in [6.45, 7) is 0. The van der Waals surface area contributed by atoms with E-state index in [1.165, 1.54) is 0 Å². The van der Waals surface area contributed by atoms with E-state index in [-0.39, 0.29) is 0 Å². The third-order valence-electron chi connectivity index (χ3n) is 9.16. The lowest BCUT2D eigenvalue weighted by Gasteiger charge is -2.16. The fourth-order valence-corrected chi connectivity index (χ4v) is 6.75. The molecule has 0 aliphatic rings. The van der Waals surface area contributed by atoms with Crippen LogP contribution in [0.4, 0.5) is 0 Å². The van der Waals surface area contributed by atoms with Gasteiger partial charge in [0.25, 0.3) is 0 Å². The van der Waals surface area contributed by atoms with Gasteiger partial charge in [0.05, 0.1) is 28.3 Å². The molecule has 0 saturated heterocycles. The monoisotopic (exact) mass is 638 g/mol. The average molecular weight is 639 g/mol. The van der Waals surface area contributed by atoms with Crippen molar-refractivity contribution in [3.05, 3.63) is 182 Å². The molecule has 0 bridgehead atoms. The van der Waals surface area contributed by atoms with E-state index >= 15 is 0 Å². The molecule has 3 heterocycles. The van der Waals surface area contributed by atoms with Crippen molar-refractivity contribution in [1.82, 2.24) is 19.9 Å². The second-order valence-corrected chi connectivity index (χ2v) is 12.2. The zero-order valence-corrected chi connectivity index (χ0v) is 27.1. The highest BCUT2D eigenvalue weighted by Gasteiger charge is 2.18. The minimum atomic E-state index is 0.702. The van der Waals surface area contributed by atoms with E-state index in [0.29, 0.717) is 5.82 Å². The van der Waals surface area contributed by atoms with Crippen LogP contribution in [-0.2, 0) is 0 Å². The number of rotatable bonds is 6. The Morgan fingerprint density at radius 1 is 0.340 bits per heavy atom. The van der Waals surface area contributed by atoms with E-state index in [1.54, 1.807) is 0 Å². The van der Waals surface area contributed by atoms with Gasteiger partial charge < -0.3 is 0 Å². The molecule has 0 unspecified atom stereocenters. The first kappa shape index (κ1) is 29.4. The highest BCUT2D eigenvalue weighted by atomic mass is 14.9. The molecule has 0 aliphatic carbocycles. The van der Waals surface area contributed by atoms with Gasteiger partial charge >= 0.3 is 0 Å². The van der Waals surface area contributed by atoms with Crippen molar-refractivity contribution in [3.63, 3.8) is 0 Å². The molecule has 0 atom stereocenters. The van der Waals surface area contributed by atoms with Crippen LogP contribution in [0.1, 0.15) is 0 Å². The van der Waals surface area contributed by atoms with Crippen LogP contribution in [0, 0.1) is 0 Å². The molecule has 0 radical (unpaired) electrons. The molecule has 4 heteroatoms. The van der Waals surface area contributed by atoms with E-state index in [4.69, 9.17) is 19.9 Å². The Morgan fingerprint density at radius 3 is 1.56 bits per heavy atom. The number of hydrogen-bond donors (Lipinski definition) is 0. The Labute approximate surface area is 290 Å². The van der Waals surface area contributed by atoms with E-state index in [0.717, 1.165) is 83.4 Å². The summed E-state index contributed by atoms with van der Waals surface area (Å²) in [5.41, 5.74) is 12.0. The first-order valence-electron chi connectivity index (χ1n) is 16.7. The Kier molecular flexibility index (Phi) is 7.45. The van der Waals surface area contributed by atoms with E-state index in [1.807, 2.05) is 60.8 Å². The summed E-state index contributed by atoms with van der Waals surface area (Å²) in [5.74, 6) is 0.702. The number of hydrogen-bond acceptors (Lipinski definition) is 4. The lowest BCUT2D eigenvalue weighted by atomic mass is 9.92. The highest BCUT2D eigenvalue weighted by molar-refractivity contribution is 6.19. The van der Waals surface area contributed by atoms with Crippen molar-refractivity contribution < 1.29 is 0 Å². The predicted molar refractivity (Wildman–Crippen MR) is 205 cm³/mol. The Bertz CT molecular complexity index is 2550. The number of pyridine rings is 2. The van der Waals surface area contributed by atoms with Crippen molar-refractivity contribution in [2.24, 2.45) is 0 Å². The molecule has 0 saturated carbocycles. The second kappa shape index (κ2) is 12.7. The molecule has 0 aliphatic heterocycles. The van der Waals surface area contributed by atoms with Crippen LogP contribution >= 0.6 is 0 Å². The number of fused-ring (bicyclic) bond motifs is 3. The molecule has 0 fully saturated rings. The summed E-state index contributed by atoms with van der Waals surface area (Å²) in [4.78, 5) is 20.2. The van der Waals surface area contributed by atoms with Gasteiger partial charge in [0.15, 0.2) is 5.82 Å². The predicted octanol–water partition coefficient (Wildman–Crippen LogP) is 11.6. The van der Waals surface area contributed by atoms with Gasteiger partial charge in [0.1, 0.15) is 0 Å². The standard InChI is InChI=1S/C46H30N4/c1-4-14-32(15-5-1)41-30-42(49-46(48-41)35-18-8-3-9-19-35)33-27-25-31(26-28-33)36-20-12-23-39-43-37(40-24-10-11-29-47-40)21-13-22-38(43)44(50-45(36)39)34-16-6-2-7-17-34/h1-30H. The number of nitrogens with zero attached hydrogens (tertiary/aromatic N) is 4. The van der Waals surface area contributed by atoms with Gasteiger partial charge in [-0.15, -0.1) is 0 Å². The lowest BCUT2D eigenvalue weighted by Crippen LogP contribution is -1.96. The van der Waals surface area contributed by atoms with Crippen LogP contribution in [0.3, 0.4) is 0 Å². The van der Waals surface area contributed by atoms with Crippen molar-refractivity contribution in [3.8, 4) is 67.5 Å². The highest BCUT2D eigenvalue weighted by Crippen LogP contribution is 2.41. The first-order valence-corrected chi connectivity index (χ1v) is 16.7. The van der Waals surface area contributed by atoms with Crippen molar-refractivity contribution in [2.75, 3.05) is 0 Å². The van der Waals surface area contributed by atoms with Crippen molar-refractivity contribution in [1.29, 1.82) is 0 Å². The maximum atomic E-state index is 5.41. The fraction of sp³-hybridized carbons (Fsp3) is 0. The van der Waals surface area contributed by atoms with Crippen LogP contribution in [0.5, 0.6) is 0 Å². The molecule has 234 valence electrons. The third-order valence-corrected chi connectivity index (χ3v) is 9.16. The van der Waals surface area contributed by atoms with Crippen LogP contribution in [0.15, 0.2) is 182 Å². The van der Waals surface area contributed by atoms with E-state index in [2.05, 4.69) is 121 Å². The molecule has 50 heavy (non-hydrogen) atoms. The maximum Gasteiger partial charge on any atom is 0.160 e. The molecule has 4 nitrogen and oxygen atoms in total. The topological polar surface area (TPSA) is 51.6 Å². The van der Waals surface area contributed by atoms with Gasteiger partial charge in [-0.2, -0.15) is 0 Å². The molecule has 0 N–H and O–H groups in total. The molecule has 9 rings (SSSR count). The smallest absolute Gasteiger partial charge is 0.160 e. The maximum absolute atomic E-state index is 5.41. The number of para-hydroxylation sites is 1. The summed E-state index contributed by atoms with van der Waals surface area (Å²) in [6.07, 6.45) is 1.85. The van der Waals surface area contributed by atoms with Crippen LogP contribution in [-0.4, -0.2) is 19.9 Å². The van der Waals surface area contributed by atoms with Gasteiger partial charge in [0, 0.05) is 55.7 Å². The second-order valence-electron chi connectivity index (χ2n) is 12.2. The van der Waals surface area contributed by atoms with Gasteiger partial charge in [-0.1, -0.05) is 158 Å². The minimum Gasteiger partial charge on any atom is -0.256 e. The Balaban J connectivity index is 1.21. The molecule has 0 amide bonds. The van der Waals surface area contributed by atoms with Crippen LogP contribution in [0.25, 0.3) is 89.2 Å². The molecule has 3 aromatic heterocycles. The molecule has 9 aromatic rings. The normalized spacial score (nSPS) is 11.2. The minimum absolute atomic E-state index is 0.702. The summed E-state index contributed by atoms with van der Waals surface area (Å²) >= 11 is 0. The van der Waals surface area contributed by atoms with Crippen molar-refractivity contribution in [2.45, 2.75) is 0 Å². The molecule has 6 aromatic carbocycles. The van der Waals surface area contributed by atoms with Gasteiger partial charge in [-0.3, -0.25) is 4.98 Å². The zero-order valence-electron chi connectivity index (χ0n) is 27.1. The van der Waals surface area contributed by atoms with Crippen LogP contribution < -0.4 is 0 Å². The van der Waals surface area contributed by atoms with Crippen molar-refractivity contribution >= 4 is 21.7 Å². The van der Waals surface area contributed by atoms with Crippen LogP contribution in [0.2, 0.25) is 0 Å². The third kappa shape index (κ3) is 5.39. The summed E-state index contributed by atoms with van der Waals surface area (Å²) in [5, 5.41) is 3.35.